The summed E-state index contributed by atoms with van der Waals surface area (Å²) in [6, 6.07) is 9.52. The van der Waals surface area contributed by atoms with E-state index in [4.69, 9.17) is 9.47 Å². The molecule has 0 unspecified atom stereocenters. The van der Waals surface area contributed by atoms with Crippen molar-refractivity contribution in [1.82, 2.24) is 4.98 Å². The molecule has 1 aliphatic heterocycles. The van der Waals surface area contributed by atoms with Crippen LogP contribution < -0.4 is 14.8 Å². The molecule has 0 radical (unpaired) electrons. The molecule has 5 nitrogen and oxygen atoms in total. The van der Waals surface area contributed by atoms with Gasteiger partial charge in [-0.05, 0) is 36.4 Å². The van der Waals surface area contributed by atoms with Crippen molar-refractivity contribution in [3.05, 3.63) is 46.8 Å². The molecule has 26 heavy (non-hydrogen) atoms. The summed E-state index contributed by atoms with van der Waals surface area (Å²) in [5, 5.41) is 5.79. The third-order valence-electron chi connectivity index (χ3n) is 4.62. The first kappa shape index (κ1) is 15.8. The van der Waals surface area contributed by atoms with E-state index in [9.17, 15) is 4.79 Å². The van der Waals surface area contributed by atoms with Crippen molar-refractivity contribution in [2.45, 2.75) is 31.5 Å². The van der Waals surface area contributed by atoms with E-state index in [1.807, 2.05) is 35.7 Å². The van der Waals surface area contributed by atoms with Crippen LogP contribution in [0, 0.1) is 0 Å². The number of ether oxygens (including phenoxy) is 2. The Morgan fingerprint density at radius 2 is 2.00 bits per heavy atom. The zero-order valence-corrected chi connectivity index (χ0v) is 15.5. The van der Waals surface area contributed by atoms with Gasteiger partial charge in [0.15, 0.2) is 11.5 Å². The van der Waals surface area contributed by atoms with E-state index in [1.165, 1.54) is 11.3 Å². The van der Waals surface area contributed by atoms with Gasteiger partial charge in [0, 0.05) is 24.6 Å². The Hall–Kier alpha value is -2.38. The minimum Gasteiger partial charge on any atom is -0.448 e. The third kappa shape index (κ3) is 2.77. The number of nitrogens with zero attached hydrogens (tertiary/aromatic N) is 1. The molecule has 0 saturated heterocycles. The quantitative estimate of drug-likeness (QED) is 0.677. The highest BCUT2D eigenvalue weighted by Crippen LogP contribution is 2.47. The van der Waals surface area contributed by atoms with Crippen LogP contribution in [-0.2, 0) is 0 Å². The van der Waals surface area contributed by atoms with Crippen molar-refractivity contribution in [2.75, 3.05) is 5.32 Å². The summed E-state index contributed by atoms with van der Waals surface area (Å²) in [6.45, 7) is 0. The summed E-state index contributed by atoms with van der Waals surface area (Å²) >= 11 is 3.00. The van der Waals surface area contributed by atoms with Gasteiger partial charge in [-0.25, -0.2) is 4.98 Å². The summed E-state index contributed by atoms with van der Waals surface area (Å²) in [5.41, 5.74) is 0.693. The average Bonchev–Trinajstić information content (AvgIpc) is 3.42. The van der Waals surface area contributed by atoms with Gasteiger partial charge in [-0.2, -0.15) is 0 Å². The van der Waals surface area contributed by atoms with Crippen molar-refractivity contribution in [2.24, 2.45) is 0 Å². The van der Waals surface area contributed by atoms with Gasteiger partial charge in [0.2, 0.25) is 0 Å². The lowest BCUT2D eigenvalue weighted by molar-refractivity contribution is -0.0716. The minimum atomic E-state index is -0.488. The molecule has 2 aromatic heterocycles. The second kappa shape index (κ2) is 6.10. The molecule has 132 valence electrons. The number of carbonyl (C=O) groups excluding carboxylic acids is 1. The number of fused-ring (bicyclic) bond motifs is 1. The number of hydrogen-bond donors (Lipinski definition) is 1. The number of thiazole rings is 1. The highest BCUT2D eigenvalue weighted by atomic mass is 32.1. The van der Waals surface area contributed by atoms with Crippen LogP contribution in [-0.4, -0.2) is 16.7 Å². The molecular formula is C19H16N2O3S2. The predicted octanol–water partition coefficient (Wildman–Crippen LogP) is 5.17. The van der Waals surface area contributed by atoms with Gasteiger partial charge in [0.05, 0.1) is 11.1 Å². The van der Waals surface area contributed by atoms with Crippen LogP contribution in [0.4, 0.5) is 5.69 Å². The molecule has 1 amide bonds. The van der Waals surface area contributed by atoms with E-state index < -0.39 is 5.79 Å². The van der Waals surface area contributed by atoms with Crippen molar-refractivity contribution >= 4 is 34.3 Å². The number of aromatic nitrogens is 1. The number of benzene rings is 1. The van der Waals surface area contributed by atoms with Gasteiger partial charge >= 0.3 is 0 Å². The SMILES string of the molecule is O=C(Nc1ccc2c(c1)OC1(CCCC1)O2)c1cnc(-c2cccs2)s1. The molecule has 1 aliphatic carbocycles. The summed E-state index contributed by atoms with van der Waals surface area (Å²) in [6.07, 6.45) is 5.69. The van der Waals surface area contributed by atoms with Gasteiger partial charge in [-0.1, -0.05) is 6.07 Å². The fourth-order valence-electron chi connectivity index (χ4n) is 3.38. The lowest BCUT2D eigenvalue weighted by Crippen LogP contribution is -2.34. The molecule has 1 aromatic carbocycles. The van der Waals surface area contributed by atoms with Gasteiger partial charge < -0.3 is 14.8 Å². The van der Waals surface area contributed by atoms with E-state index in [1.54, 1.807) is 17.5 Å². The second-order valence-electron chi connectivity index (χ2n) is 6.44. The highest BCUT2D eigenvalue weighted by Gasteiger charge is 2.44. The van der Waals surface area contributed by atoms with Crippen LogP contribution in [0.2, 0.25) is 0 Å². The van der Waals surface area contributed by atoms with E-state index >= 15 is 0 Å². The molecule has 0 atom stereocenters. The van der Waals surface area contributed by atoms with Crippen molar-refractivity contribution in [3.63, 3.8) is 0 Å². The average molecular weight is 384 g/mol. The predicted molar refractivity (Wildman–Crippen MR) is 102 cm³/mol. The van der Waals surface area contributed by atoms with Gasteiger partial charge in [-0.15, -0.1) is 22.7 Å². The summed E-state index contributed by atoms with van der Waals surface area (Å²) < 4.78 is 12.1. The lowest BCUT2D eigenvalue weighted by atomic mass is 10.2. The zero-order chi connectivity index (χ0) is 17.6. The molecule has 2 aliphatic rings. The number of thiophene rings is 1. The Morgan fingerprint density at radius 1 is 1.15 bits per heavy atom. The van der Waals surface area contributed by atoms with Gasteiger partial charge in [0.25, 0.3) is 11.7 Å². The molecule has 3 heterocycles. The molecule has 1 saturated carbocycles. The number of nitrogens with one attached hydrogen (secondary N) is 1. The molecule has 1 spiro atoms. The first-order chi connectivity index (χ1) is 12.7. The third-order valence-corrected chi connectivity index (χ3v) is 6.66. The maximum atomic E-state index is 12.5. The molecule has 7 heteroatoms. The number of carbonyl (C=O) groups is 1. The standard InChI is InChI=1S/C19H16N2O3S2/c22-17(16-11-20-18(26-16)15-4-3-9-25-15)21-12-5-6-13-14(10-12)24-19(23-13)7-1-2-8-19/h3-6,9-11H,1-2,7-8H2,(H,21,22). The van der Waals surface area contributed by atoms with Crippen LogP contribution in [0.3, 0.4) is 0 Å². The smallest absolute Gasteiger partial charge is 0.267 e. The van der Waals surface area contributed by atoms with Gasteiger partial charge in [0.1, 0.15) is 9.88 Å². The van der Waals surface area contributed by atoms with E-state index in [0.29, 0.717) is 16.3 Å². The fraction of sp³-hybridized carbons (Fsp3) is 0.263. The van der Waals surface area contributed by atoms with Crippen LogP contribution in [0.1, 0.15) is 35.4 Å². The first-order valence-corrected chi connectivity index (χ1v) is 10.2. The molecule has 3 aromatic rings. The Labute approximate surface area is 158 Å². The molecule has 5 rings (SSSR count). The first-order valence-electron chi connectivity index (χ1n) is 8.54. The van der Waals surface area contributed by atoms with Crippen molar-refractivity contribution in [1.29, 1.82) is 0 Å². The van der Waals surface area contributed by atoms with Crippen LogP contribution in [0.15, 0.2) is 41.9 Å². The van der Waals surface area contributed by atoms with Gasteiger partial charge in [-0.3, -0.25) is 4.79 Å². The van der Waals surface area contributed by atoms with E-state index in [2.05, 4.69) is 10.3 Å². The monoisotopic (exact) mass is 384 g/mol. The Bertz CT molecular complexity index is 959. The summed E-state index contributed by atoms with van der Waals surface area (Å²) in [5.74, 6) is 0.800. The maximum Gasteiger partial charge on any atom is 0.267 e. The number of amides is 1. The number of anilines is 1. The molecular weight excluding hydrogens is 368 g/mol. The Morgan fingerprint density at radius 3 is 2.81 bits per heavy atom. The van der Waals surface area contributed by atoms with Crippen molar-refractivity contribution in [3.8, 4) is 21.4 Å². The largest absolute Gasteiger partial charge is 0.448 e. The number of rotatable bonds is 3. The lowest BCUT2D eigenvalue weighted by Gasteiger charge is -2.21. The van der Waals surface area contributed by atoms with Crippen LogP contribution in [0.25, 0.3) is 9.88 Å². The minimum absolute atomic E-state index is 0.167. The molecule has 1 N–H and O–H groups in total. The van der Waals surface area contributed by atoms with E-state index in [0.717, 1.165) is 41.3 Å². The molecule has 1 fully saturated rings. The topological polar surface area (TPSA) is 60.5 Å². The highest BCUT2D eigenvalue weighted by molar-refractivity contribution is 7.22. The maximum absolute atomic E-state index is 12.5. The normalized spacial score (nSPS) is 16.9. The zero-order valence-electron chi connectivity index (χ0n) is 13.9. The van der Waals surface area contributed by atoms with Crippen LogP contribution in [0.5, 0.6) is 11.5 Å². The Kier molecular flexibility index (Phi) is 3.72. The van der Waals surface area contributed by atoms with Crippen molar-refractivity contribution < 1.29 is 14.3 Å². The molecule has 0 bridgehead atoms. The summed E-state index contributed by atoms with van der Waals surface area (Å²) in [4.78, 5) is 18.5. The van der Waals surface area contributed by atoms with E-state index in [-0.39, 0.29) is 5.91 Å². The summed E-state index contributed by atoms with van der Waals surface area (Å²) in [7, 11) is 0. The second-order valence-corrected chi connectivity index (χ2v) is 8.42. The number of hydrogen-bond acceptors (Lipinski definition) is 6. The van der Waals surface area contributed by atoms with Crippen LogP contribution >= 0.6 is 22.7 Å². The Balaban J connectivity index is 1.32. The fourth-order valence-corrected chi connectivity index (χ4v) is 4.99.